The van der Waals surface area contributed by atoms with Crippen LogP contribution in [0.5, 0.6) is 0 Å². The molecule has 1 fully saturated rings. The van der Waals surface area contributed by atoms with E-state index in [0.29, 0.717) is 31.1 Å². The summed E-state index contributed by atoms with van der Waals surface area (Å²) in [5.74, 6) is -0.387. The molecule has 9 heteroatoms. The Kier molecular flexibility index (Phi) is 5.82. The number of ether oxygens (including phenoxy) is 1. The van der Waals surface area contributed by atoms with Gasteiger partial charge in [-0.1, -0.05) is 18.2 Å². The second-order valence-corrected chi connectivity index (χ2v) is 6.84. The summed E-state index contributed by atoms with van der Waals surface area (Å²) in [6.45, 7) is 3.16. The lowest BCUT2D eigenvalue weighted by atomic mass is 10.1. The molecule has 3 heterocycles. The van der Waals surface area contributed by atoms with Crippen molar-refractivity contribution in [2.75, 3.05) is 42.3 Å². The number of carbonyl (C=O) groups excluding carboxylic acids is 1. The predicted octanol–water partition coefficient (Wildman–Crippen LogP) is 1.67. The van der Waals surface area contributed by atoms with Gasteiger partial charge in [-0.05, 0) is 17.7 Å². The van der Waals surface area contributed by atoms with E-state index in [1.165, 1.54) is 0 Å². The number of benzene rings is 1. The number of hydrogen-bond acceptors (Lipinski definition) is 8. The fourth-order valence-electron chi connectivity index (χ4n) is 3.31. The van der Waals surface area contributed by atoms with Crippen LogP contribution in [0.15, 0.2) is 48.9 Å². The maximum atomic E-state index is 13.0. The first-order chi connectivity index (χ1) is 14.7. The average Bonchev–Trinajstić information content (AvgIpc) is 2.80. The van der Waals surface area contributed by atoms with Crippen LogP contribution < -0.4 is 21.7 Å². The van der Waals surface area contributed by atoms with Crippen molar-refractivity contribution in [3.8, 4) is 11.3 Å². The van der Waals surface area contributed by atoms with E-state index in [-0.39, 0.29) is 11.5 Å². The summed E-state index contributed by atoms with van der Waals surface area (Å²) in [5, 5.41) is 2.88. The number of aromatic nitrogens is 3. The minimum atomic E-state index is -0.445. The van der Waals surface area contributed by atoms with Crippen molar-refractivity contribution < 1.29 is 9.53 Å². The van der Waals surface area contributed by atoms with Crippen molar-refractivity contribution >= 4 is 23.1 Å². The highest BCUT2D eigenvalue weighted by molar-refractivity contribution is 6.07. The van der Waals surface area contributed by atoms with Crippen LogP contribution in [-0.4, -0.2) is 47.2 Å². The quantitative estimate of drug-likeness (QED) is 0.584. The Hall–Kier alpha value is -3.56. The number of amides is 1. The van der Waals surface area contributed by atoms with Crippen molar-refractivity contribution in [1.82, 2.24) is 15.0 Å². The lowest BCUT2D eigenvalue weighted by molar-refractivity contribution is 0.102. The highest BCUT2D eigenvalue weighted by atomic mass is 16.5. The molecule has 0 bridgehead atoms. The normalized spacial score (nSPS) is 13.8. The standard InChI is InChI=1S/C21H23N7O2/c22-11-14-2-1-3-15(10-14)16-13-25-20(23)19(26-16)21(29)27-17-12-24-5-4-18(17)28-6-8-30-9-7-28/h1-5,10,12-13H,6-9,11,22H2,(H2,23,25)(H,27,29). The first kappa shape index (κ1) is 19.7. The van der Waals surface area contributed by atoms with Crippen LogP contribution in [0.4, 0.5) is 17.2 Å². The van der Waals surface area contributed by atoms with Crippen LogP contribution in [0, 0.1) is 0 Å². The Morgan fingerprint density at radius 3 is 2.83 bits per heavy atom. The molecule has 1 aliphatic heterocycles. The molecule has 30 heavy (non-hydrogen) atoms. The number of nitrogens with zero attached hydrogens (tertiary/aromatic N) is 4. The lowest BCUT2D eigenvalue weighted by Gasteiger charge is -2.30. The highest BCUT2D eigenvalue weighted by Gasteiger charge is 2.19. The highest BCUT2D eigenvalue weighted by Crippen LogP contribution is 2.26. The van der Waals surface area contributed by atoms with Gasteiger partial charge in [-0.2, -0.15) is 0 Å². The number of hydrogen-bond donors (Lipinski definition) is 3. The van der Waals surface area contributed by atoms with E-state index in [1.54, 1.807) is 18.6 Å². The van der Waals surface area contributed by atoms with E-state index in [9.17, 15) is 4.79 Å². The summed E-state index contributed by atoms with van der Waals surface area (Å²) in [6.07, 6.45) is 4.85. The molecular formula is C21H23N7O2. The minimum absolute atomic E-state index is 0.0578. The molecule has 1 aliphatic rings. The van der Waals surface area contributed by atoms with Crippen LogP contribution in [0.25, 0.3) is 11.3 Å². The van der Waals surface area contributed by atoms with Gasteiger partial charge >= 0.3 is 0 Å². The Bertz CT molecular complexity index is 1050. The first-order valence-electron chi connectivity index (χ1n) is 9.65. The predicted molar refractivity (Wildman–Crippen MR) is 115 cm³/mol. The molecule has 3 aromatic rings. The molecule has 0 spiro atoms. The van der Waals surface area contributed by atoms with Crippen molar-refractivity contribution in [2.24, 2.45) is 5.73 Å². The Morgan fingerprint density at radius 1 is 1.20 bits per heavy atom. The second-order valence-electron chi connectivity index (χ2n) is 6.84. The molecule has 1 saturated heterocycles. The summed E-state index contributed by atoms with van der Waals surface area (Å²) < 4.78 is 5.41. The third-order valence-corrected chi connectivity index (χ3v) is 4.87. The van der Waals surface area contributed by atoms with Crippen molar-refractivity contribution in [3.05, 3.63) is 60.2 Å². The Morgan fingerprint density at radius 2 is 2.03 bits per heavy atom. The minimum Gasteiger partial charge on any atom is -0.382 e. The van der Waals surface area contributed by atoms with Gasteiger partial charge in [-0.25, -0.2) is 9.97 Å². The smallest absolute Gasteiger partial charge is 0.278 e. The Balaban J connectivity index is 1.61. The van der Waals surface area contributed by atoms with E-state index in [4.69, 9.17) is 16.2 Å². The molecule has 0 unspecified atom stereocenters. The largest absolute Gasteiger partial charge is 0.382 e. The van der Waals surface area contributed by atoms with Crippen LogP contribution in [0.3, 0.4) is 0 Å². The van der Waals surface area contributed by atoms with Gasteiger partial charge in [0, 0.05) is 31.4 Å². The van der Waals surface area contributed by atoms with E-state index < -0.39 is 5.91 Å². The number of pyridine rings is 1. The summed E-state index contributed by atoms with van der Waals surface area (Å²) in [5.41, 5.74) is 15.5. The fraction of sp³-hybridized carbons (Fsp3) is 0.238. The monoisotopic (exact) mass is 405 g/mol. The van der Waals surface area contributed by atoms with Gasteiger partial charge in [0.2, 0.25) is 0 Å². The SMILES string of the molecule is NCc1cccc(-c2cnc(N)c(C(=O)Nc3cnccc3N3CCOCC3)n2)c1. The zero-order valence-corrected chi connectivity index (χ0v) is 16.4. The van der Waals surface area contributed by atoms with Crippen LogP contribution >= 0.6 is 0 Å². The van der Waals surface area contributed by atoms with Gasteiger partial charge < -0.3 is 26.4 Å². The molecule has 9 nitrogen and oxygen atoms in total. The molecule has 0 radical (unpaired) electrons. The van der Waals surface area contributed by atoms with Crippen molar-refractivity contribution in [1.29, 1.82) is 0 Å². The molecule has 0 saturated carbocycles. The maximum absolute atomic E-state index is 13.0. The third-order valence-electron chi connectivity index (χ3n) is 4.87. The summed E-state index contributed by atoms with van der Waals surface area (Å²) in [7, 11) is 0. The summed E-state index contributed by atoms with van der Waals surface area (Å²) in [4.78, 5) is 27.9. The van der Waals surface area contributed by atoms with Gasteiger partial charge in [-0.3, -0.25) is 9.78 Å². The zero-order valence-electron chi connectivity index (χ0n) is 16.4. The molecule has 2 aromatic heterocycles. The van der Waals surface area contributed by atoms with Crippen molar-refractivity contribution in [3.63, 3.8) is 0 Å². The molecule has 4 rings (SSSR count). The van der Waals surface area contributed by atoms with E-state index >= 15 is 0 Å². The molecular weight excluding hydrogens is 382 g/mol. The third kappa shape index (κ3) is 4.22. The van der Waals surface area contributed by atoms with Crippen LogP contribution in [-0.2, 0) is 11.3 Å². The molecule has 154 valence electrons. The van der Waals surface area contributed by atoms with E-state index in [2.05, 4.69) is 25.2 Å². The number of carbonyl (C=O) groups is 1. The molecule has 1 amide bonds. The summed E-state index contributed by atoms with van der Waals surface area (Å²) in [6, 6.07) is 9.49. The fourth-order valence-corrected chi connectivity index (χ4v) is 3.31. The number of nitrogens with two attached hydrogens (primary N) is 2. The van der Waals surface area contributed by atoms with Crippen molar-refractivity contribution in [2.45, 2.75) is 6.54 Å². The first-order valence-corrected chi connectivity index (χ1v) is 9.65. The van der Waals surface area contributed by atoms with Gasteiger partial charge in [0.1, 0.15) is 0 Å². The van der Waals surface area contributed by atoms with Gasteiger partial charge in [0.05, 0.1) is 42.7 Å². The molecule has 1 aromatic carbocycles. The summed E-state index contributed by atoms with van der Waals surface area (Å²) >= 11 is 0. The number of nitrogens with one attached hydrogen (secondary N) is 1. The van der Waals surface area contributed by atoms with E-state index in [1.807, 2.05) is 30.3 Å². The number of anilines is 3. The van der Waals surface area contributed by atoms with Crippen LogP contribution in [0.2, 0.25) is 0 Å². The lowest BCUT2D eigenvalue weighted by Crippen LogP contribution is -2.36. The van der Waals surface area contributed by atoms with Gasteiger partial charge in [0.15, 0.2) is 11.5 Å². The van der Waals surface area contributed by atoms with Crippen LogP contribution in [0.1, 0.15) is 16.1 Å². The Labute approximate surface area is 174 Å². The topological polar surface area (TPSA) is 132 Å². The zero-order chi connectivity index (χ0) is 20.9. The second kappa shape index (κ2) is 8.85. The molecule has 0 aliphatic carbocycles. The van der Waals surface area contributed by atoms with Gasteiger partial charge in [0.25, 0.3) is 5.91 Å². The molecule has 0 atom stereocenters. The number of rotatable bonds is 5. The average molecular weight is 405 g/mol. The number of nitrogen functional groups attached to an aromatic ring is 1. The maximum Gasteiger partial charge on any atom is 0.278 e. The molecule has 5 N–H and O–H groups in total. The number of morpholine rings is 1. The van der Waals surface area contributed by atoms with E-state index in [0.717, 1.165) is 29.9 Å². The van der Waals surface area contributed by atoms with Gasteiger partial charge in [-0.15, -0.1) is 0 Å².